The molecule has 3 nitrogen and oxygen atoms in total. The lowest BCUT2D eigenvalue weighted by Gasteiger charge is -2.04. The summed E-state index contributed by atoms with van der Waals surface area (Å²) in [5, 5.41) is 3.56. The van der Waals surface area contributed by atoms with Crippen LogP contribution < -0.4 is 11.1 Å². The van der Waals surface area contributed by atoms with E-state index in [9.17, 15) is 4.79 Å². The van der Waals surface area contributed by atoms with Crippen LogP contribution in [-0.2, 0) is 6.42 Å². The molecule has 4 heteroatoms. The predicted molar refractivity (Wildman–Crippen MR) is 79.3 cm³/mol. The molecular formula is C14H24N2OS. The largest absolute Gasteiger partial charge is 0.390 e. The van der Waals surface area contributed by atoms with Gasteiger partial charge in [-0.05, 0) is 31.7 Å². The molecule has 0 saturated carbocycles. The van der Waals surface area contributed by atoms with E-state index in [1.807, 2.05) is 13.8 Å². The molecule has 0 atom stereocenters. The van der Waals surface area contributed by atoms with Crippen molar-refractivity contribution in [1.82, 2.24) is 5.32 Å². The fourth-order valence-electron chi connectivity index (χ4n) is 1.97. The smallest absolute Gasteiger partial charge is 0.254 e. The van der Waals surface area contributed by atoms with Gasteiger partial charge in [-0.1, -0.05) is 26.7 Å². The van der Waals surface area contributed by atoms with Gasteiger partial charge < -0.3 is 11.1 Å². The molecule has 1 rings (SSSR count). The highest BCUT2D eigenvalue weighted by Gasteiger charge is 2.18. The van der Waals surface area contributed by atoms with Crippen LogP contribution in [0.15, 0.2) is 0 Å². The van der Waals surface area contributed by atoms with E-state index in [4.69, 9.17) is 5.73 Å². The van der Waals surface area contributed by atoms with Crippen molar-refractivity contribution in [2.75, 3.05) is 12.3 Å². The van der Waals surface area contributed by atoms with Crippen molar-refractivity contribution in [3.63, 3.8) is 0 Å². The van der Waals surface area contributed by atoms with Crippen LogP contribution in [0.3, 0.4) is 0 Å². The molecular weight excluding hydrogens is 244 g/mol. The summed E-state index contributed by atoms with van der Waals surface area (Å²) >= 11 is 1.57. The Balaban J connectivity index is 2.76. The van der Waals surface area contributed by atoms with Gasteiger partial charge in [0.25, 0.3) is 5.91 Å². The quantitative estimate of drug-likeness (QED) is 0.743. The first-order chi connectivity index (χ1) is 8.61. The number of anilines is 1. The predicted octanol–water partition coefficient (Wildman–Crippen LogP) is 3.51. The Labute approximate surface area is 114 Å². The number of rotatable bonds is 7. The van der Waals surface area contributed by atoms with Crippen molar-refractivity contribution in [1.29, 1.82) is 0 Å². The Morgan fingerprint density at radius 2 is 2.00 bits per heavy atom. The highest BCUT2D eigenvalue weighted by atomic mass is 32.1. The summed E-state index contributed by atoms with van der Waals surface area (Å²) < 4.78 is 0. The zero-order valence-corrected chi connectivity index (χ0v) is 12.5. The molecule has 0 bridgehead atoms. The van der Waals surface area contributed by atoms with E-state index in [1.54, 1.807) is 11.3 Å². The molecule has 1 heterocycles. The van der Waals surface area contributed by atoms with Gasteiger partial charge in [-0.2, -0.15) is 0 Å². The molecule has 0 aliphatic rings. The minimum atomic E-state index is -0.0233. The second kappa shape index (κ2) is 7.41. The molecule has 0 fully saturated rings. The molecule has 102 valence electrons. The van der Waals surface area contributed by atoms with Gasteiger partial charge in [0, 0.05) is 11.4 Å². The summed E-state index contributed by atoms with van der Waals surface area (Å²) in [6.45, 7) is 6.95. The van der Waals surface area contributed by atoms with Crippen LogP contribution in [0.2, 0.25) is 0 Å². The fraction of sp³-hybridized carbons (Fsp3) is 0.643. The Hall–Kier alpha value is -1.03. The highest BCUT2D eigenvalue weighted by molar-refractivity contribution is 7.16. The Bertz CT molecular complexity index is 399. The van der Waals surface area contributed by atoms with Crippen LogP contribution in [0.4, 0.5) is 5.00 Å². The normalized spacial score (nSPS) is 10.6. The first-order valence-corrected chi connectivity index (χ1v) is 7.59. The minimum absolute atomic E-state index is 0.0233. The van der Waals surface area contributed by atoms with Gasteiger partial charge in [0.1, 0.15) is 0 Å². The Morgan fingerprint density at radius 1 is 1.28 bits per heavy atom. The second-order valence-electron chi connectivity index (χ2n) is 4.60. The second-order valence-corrected chi connectivity index (χ2v) is 5.74. The monoisotopic (exact) mass is 268 g/mol. The summed E-state index contributed by atoms with van der Waals surface area (Å²) in [7, 11) is 0. The van der Waals surface area contributed by atoms with Crippen LogP contribution in [-0.4, -0.2) is 12.5 Å². The molecule has 18 heavy (non-hydrogen) atoms. The topological polar surface area (TPSA) is 55.1 Å². The van der Waals surface area contributed by atoms with Gasteiger partial charge in [0.05, 0.1) is 10.6 Å². The zero-order chi connectivity index (χ0) is 13.5. The van der Waals surface area contributed by atoms with Crippen molar-refractivity contribution < 1.29 is 4.79 Å². The van der Waals surface area contributed by atoms with Crippen molar-refractivity contribution >= 4 is 22.2 Å². The third-order valence-electron chi connectivity index (χ3n) is 3.04. The number of nitrogens with two attached hydrogens (primary N) is 1. The van der Waals surface area contributed by atoms with E-state index >= 15 is 0 Å². The van der Waals surface area contributed by atoms with Gasteiger partial charge in [-0.25, -0.2) is 0 Å². The van der Waals surface area contributed by atoms with Crippen molar-refractivity contribution in [3.05, 3.63) is 16.0 Å². The molecule has 0 unspecified atom stereocenters. The molecule has 0 radical (unpaired) electrons. The van der Waals surface area contributed by atoms with Crippen LogP contribution in [0, 0.1) is 6.92 Å². The average Bonchev–Trinajstić information content (AvgIpc) is 2.62. The number of unbranched alkanes of at least 4 members (excludes halogenated alkanes) is 2. The van der Waals surface area contributed by atoms with Gasteiger partial charge in [0.2, 0.25) is 0 Å². The number of hydrogen-bond donors (Lipinski definition) is 2. The van der Waals surface area contributed by atoms with Crippen molar-refractivity contribution in [3.8, 4) is 0 Å². The fourth-order valence-corrected chi connectivity index (χ4v) is 3.08. The number of carbonyl (C=O) groups excluding carboxylic acids is 1. The highest BCUT2D eigenvalue weighted by Crippen LogP contribution is 2.31. The lowest BCUT2D eigenvalue weighted by molar-refractivity contribution is 0.0954. The van der Waals surface area contributed by atoms with E-state index < -0.39 is 0 Å². The third kappa shape index (κ3) is 3.73. The SMILES string of the molecule is CCCCCc1sc(N)c(C(=O)NCCC)c1C. The maximum atomic E-state index is 12.0. The first-order valence-electron chi connectivity index (χ1n) is 6.77. The van der Waals surface area contributed by atoms with Crippen molar-refractivity contribution in [2.45, 2.75) is 52.9 Å². The van der Waals surface area contributed by atoms with E-state index in [1.165, 1.54) is 24.1 Å². The number of amides is 1. The third-order valence-corrected chi connectivity index (χ3v) is 4.22. The van der Waals surface area contributed by atoms with Gasteiger partial charge >= 0.3 is 0 Å². The number of hydrogen-bond acceptors (Lipinski definition) is 3. The van der Waals surface area contributed by atoms with Gasteiger partial charge in [0.15, 0.2) is 0 Å². The summed E-state index contributed by atoms with van der Waals surface area (Å²) in [6.07, 6.45) is 5.60. The number of thiophene rings is 1. The van der Waals surface area contributed by atoms with E-state index in [2.05, 4.69) is 12.2 Å². The standard InChI is InChI=1S/C14H24N2OS/c1-4-6-7-8-11-10(3)12(13(15)18-11)14(17)16-9-5-2/h4-9,15H2,1-3H3,(H,16,17). The zero-order valence-electron chi connectivity index (χ0n) is 11.6. The number of carbonyl (C=O) groups is 1. The number of nitrogens with one attached hydrogen (secondary N) is 1. The van der Waals surface area contributed by atoms with Crippen LogP contribution in [0.1, 0.15) is 60.3 Å². The molecule has 0 aliphatic carbocycles. The van der Waals surface area contributed by atoms with Crippen LogP contribution in [0.5, 0.6) is 0 Å². The van der Waals surface area contributed by atoms with Crippen LogP contribution in [0.25, 0.3) is 0 Å². The molecule has 1 aromatic heterocycles. The molecule has 1 aromatic rings. The average molecular weight is 268 g/mol. The summed E-state index contributed by atoms with van der Waals surface area (Å²) in [5.41, 5.74) is 7.74. The maximum Gasteiger partial charge on any atom is 0.254 e. The first kappa shape index (κ1) is 15.0. The summed E-state index contributed by atoms with van der Waals surface area (Å²) in [5.74, 6) is -0.0233. The lowest BCUT2D eigenvalue weighted by atomic mass is 10.1. The molecule has 0 aliphatic heterocycles. The van der Waals surface area contributed by atoms with Gasteiger partial charge in [-0.15, -0.1) is 11.3 Å². The van der Waals surface area contributed by atoms with E-state index in [-0.39, 0.29) is 5.91 Å². The Kier molecular flexibility index (Phi) is 6.19. The number of aryl methyl sites for hydroxylation is 1. The van der Waals surface area contributed by atoms with E-state index in [0.717, 1.165) is 18.4 Å². The van der Waals surface area contributed by atoms with Gasteiger partial charge in [-0.3, -0.25) is 4.79 Å². The summed E-state index contributed by atoms with van der Waals surface area (Å²) in [6, 6.07) is 0. The molecule has 0 spiro atoms. The van der Waals surface area contributed by atoms with Crippen LogP contribution >= 0.6 is 11.3 Å². The minimum Gasteiger partial charge on any atom is -0.390 e. The van der Waals surface area contributed by atoms with Crippen molar-refractivity contribution in [2.24, 2.45) is 0 Å². The molecule has 0 aromatic carbocycles. The molecule has 0 saturated heterocycles. The lowest BCUT2D eigenvalue weighted by Crippen LogP contribution is -2.25. The Morgan fingerprint density at radius 3 is 2.61 bits per heavy atom. The number of nitrogen functional groups attached to an aromatic ring is 1. The maximum absolute atomic E-state index is 12.0. The molecule has 1 amide bonds. The molecule has 3 N–H and O–H groups in total. The summed E-state index contributed by atoms with van der Waals surface area (Å²) in [4.78, 5) is 13.3. The van der Waals surface area contributed by atoms with E-state index in [0.29, 0.717) is 17.1 Å².